The quantitative estimate of drug-likeness (QED) is 0.816. The third kappa shape index (κ3) is 3.73. The zero-order valence-electron chi connectivity index (χ0n) is 14.4. The second-order valence-corrected chi connectivity index (χ2v) is 7.22. The van der Waals surface area contributed by atoms with Gasteiger partial charge in [-0.2, -0.15) is 5.10 Å². The van der Waals surface area contributed by atoms with Crippen LogP contribution in [0.5, 0.6) is 0 Å². The molecule has 2 aromatic rings. The average Bonchev–Trinajstić information content (AvgIpc) is 2.97. The molecule has 0 bridgehead atoms. The molecule has 0 saturated carbocycles. The standard InChI is InChI=1S/C18H24N4O.ClH/c1-18(2,3)22-11-13(10-20-22)17(23)21-16-6-4-5-12-9-14(19)7-8-15(12)16;/h7-11,16H,4-6,19H2,1-3H3,(H,21,23);1H. The van der Waals surface area contributed by atoms with Crippen LogP contribution in [0.4, 0.5) is 5.69 Å². The first-order valence-corrected chi connectivity index (χ1v) is 8.09. The third-order valence-corrected chi connectivity index (χ3v) is 4.32. The maximum Gasteiger partial charge on any atom is 0.254 e. The Bertz CT molecular complexity index is 733. The number of amides is 1. The molecule has 24 heavy (non-hydrogen) atoms. The van der Waals surface area contributed by atoms with Gasteiger partial charge < -0.3 is 11.1 Å². The Balaban J connectivity index is 0.00000208. The molecule has 1 aliphatic rings. The summed E-state index contributed by atoms with van der Waals surface area (Å²) >= 11 is 0. The van der Waals surface area contributed by atoms with Crippen LogP contribution in [0, 0.1) is 0 Å². The number of aryl methyl sites for hydroxylation is 1. The number of nitrogens with one attached hydrogen (secondary N) is 1. The van der Waals surface area contributed by atoms with Gasteiger partial charge in [0.05, 0.1) is 23.3 Å². The van der Waals surface area contributed by atoms with Crippen molar-refractivity contribution in [3.63, 3.8) is 0 Å². The Morgan fingerprint density at radius 1 is 1.38 bits per heavy atom. The lowest BCUT2D eigenvalue weighted by molar-refractivity contribution is 0.0932. The number of anilines is 1. The lowest BCUT2D eigenvalue weighted by atomic mass is 9.87. The van der Waals surface area contributed by atoms with Gasteiger partial charge in [0.2, 0.25) is 0 Å². The molecule has 1 aliphatic carbocycles. The first-order valence-electron chi connectivity index (χ1n) is 8.09. The monoisotopic (exact) mass is 348 g/mol. The Morgan fingerprint density at radius 3 is 2.79 bits per heavy atom. The summed E-state index contributed by atoms with van der Waals surface area (Å²) in [5.74, 6) is -0.0739. The Hall–Kier alpha value is -2.01. The van der Waals surface area contributed by atoms with E-state index in [1.54, 1.807) is 6.20 Å². The van der Waals surface area contributed by atoms with Crippen molar-refractivity contribution in [2.75, 3.05) is 5.73 Å². The van der Waals surface area contributed by atoms with Crippen molar-refractivity contribution < 1.29 is 4.79 Å². The lowest BCUT2D eigenvalue weighted by Gasteiger charge is -2.26. The number of hydrogen-bond donors (Lipinski definition) is 2. The normalized spacial score (nSPS) is 16.9. The molecule has 3 N–H and O–H groups in total. The molecule has 0 radical (unpaired) electrons. The first-order chi connectivity index (χ1) is 10.8. The van der Waals surface area contributed by atoms with E-state index < -0.39 is 0 Å². The SMILES string of the molecule is CC(C)(C)n1cc(C(=O)NC2CCCc3cc(N)ccc32)cn1.Cl. The summed E-state index contributed by atoms with van der Waals surface area (Å²) in [6, 6.07) is 6.00. The minimum absolute atomic E-state index is 0. The van der Waals surface area contributed by atoms with Crippen molar-refractivity contribution in [1.29, 1.82) is 0 Å². The fraction of sp³-hybridized carbons (Fsp3) is 0.444. The van der Waals surface area contributed by atoms with E-state index >= 15 is 0 Å². The van der Waals surface area contributed by atoms with Gasteiger partial charge in [0, 0.05) is 11.9 Å². The molecule has 1 heterocycles. The van der Waals surface area contributed by atoms with Crippen molar-refractivity contribution >= 4 is 24.0 Å². The van der Waals surface area contributed by atoms with E-state index in [4.69, 9.17) is 5.73 Å². The minimum atomic E-state index is -0.131. The van der Waals surface area contributed by atoms with Gasteiger partial charge in [0.15, 0.2) is 0 Å². The average molecular weight is 349 g/mol. The van der Waals surface area contributed by atoms with Crippen LogP contribution in [-0.2, 0) is 12.0 Å². The van der Waals surface area contributed by atoms with Crippen LogP contribution in [0.2, 0.25) is 0 Å². The zero-order valence-corrected chi connectivity index (χ0v) is 15.2. The molecule has 0 saturated heterocycles. The van der Waals surface area contributed by atoms with E-state index in [2.05, 4.69) is 31.2 Å². The molecule has 0 aliphatic heterocycles. The van der Waals surface area contributed by atoms with Crippen LogP contribution in [0.25, 0.3) is 0 Å². The molecule has 130 valence electrons. The highest BCUT2D eigenvalue weighted by Crippen LogP contribution is 2.31. The van der Waals surface area contributed by atoms with E-state index in [0.29, 0.717) is 5.56 Å². The summed E-state index contributed by atoms with van der Waals surface area (Å²) in [5.41, 5.74) is 9.54. The number of nitrogen functional groups attached to an aromatic ring is 1. The molecule has 1 aromatic heterocycles. The Kier molecular flexibility index (Phi) is 5.23. The van der Waals surface area contributed by atoms with Crippen molar-refractivity contribution in [2.24, 2.45) is 0 Å². The molecule has 3 rings (SSSR count). The summed E-state index contributed by atoms with van der Waals surface area (Å²) in [7, 11) is 0. The number of nitrogens with zero attached hydrogens (tertiary/aromatic N) is 2. The van der Waals surface area contributed by atoms with Gasteiger partial charge in [-0.25, -0.2) is 0 Å². The zero-order chi connectivity index (χ0) is 16.6. The van der Waals surface area contributed by atoms with E-state index in [-0.39, 0.29) is 29.9 Å². The van der Waals surface area contributed by atoms with Gasteiger partial charge in [-0.15, -0.1) is 12.4 Å². The lowest BCUT2D eigenvalue weighted by Crippen LogP contribution is -2.31. The number of rotatable bonds is 2. The van der Waals surface area contributed by atoms with Crippen molar-refractivity contribution in [1.82, 2.24) is 15.1 Å². The third-order valence-electron chi connectivity index (χ3n) is 4.32. The molecule has 1 amide bonds. The molecular formula is C18H25ClN4O. The summed E-state index contributed by atoms with van der Waals surface area (Å²) in [4.78, 5) is 12.5. The number of aromatic nitrogens is 2. The number of halogens is 1. The molecule has 0 spiro atoms. The van der Waals surface area contributed by atoms with Crippen LogP contribution >= 0.6 is 12.4 Å². The number of fused-ring (bicyclic) bond motifs is 1. The molecular weight excluding hydrogens is 324 g/mol. The summed E-state index contributed by atoms with van der Waals surface area (Å²) in [6.45, 7) is 6.18. The summed E-state index contributed by atoms with van der Waals surface area (Å²) < 4.78 is 1.82. The second kappa shape index (κ2) is 6.85. The highest BCUT2D eigenvalue weighted by molar-refractivity contribution is 5.94. The number of carbonyl (C=O) groups is 1. The molecule has 5 nitrogen and oxygen atoms in total. The molecule has 1 aromatic carbocycles. The molecule has 1 atom stereocenters. The summed E-state index contributed by atoms with van der Waals surface area (Å²) in [6.07, 6.45) is 6.47. The van der Waals surface area contributed by atoms with Crippen LogP contribution in [0.1, 0.15) is 61.1 Å². The number of benzene rings is 1. The van der Waals surface area contributed by atoms with Gasteiger partial charge in [-0.3, -0.25) is 9.48 Å². The van der Waals surface area contributed by atoms with Crippen LogP contribution in [0.3, 0.4) is 0 Å². The predicted octanol–water partition coefficient (Wildman–Crippen LogP) is 3.45. The van der Waals surface area contributed by atoms with Crippen LogP contribution < -0.4 is 11.1 Å². The predicted molar refractivity (Wildman–Crippen MR) is 98.5 cm³/mol. The molecule has 0 fully saturated rings. The first kappa shape index (κ1) is 18.3. The van der Waals surface area contributed by atoms with Gasteiger partial charge in [-0.05, 0) is 63.3 Å². The number of hydrogen-bond acceptors (Lipinski definition) is 3. The van der Waals surface area contributed by atoms with Gasteiger partial charge in [0.1, 0.15) is 0 Å². The Labute approximate surface area is 149 Å². The largest absolute Gasteiger partial charge is 0.399 e. The summed E-state index contributed by atoms with van der Waals surface area (Å²) in [5, 5.41) is 7.44. The minimum Gasteiger partial charge on any atom is -0.399 e. The van der Waals surface area contributed by atoms with Gasteiger partial charge >= 0.3 is 0 Å². The smallest absolute Gasteiger partial charge is 0.254 e. The fourth-order valence-electron chi connectivity index (χ4n) is 3.03. The highest BCUT2D eigenvalue weighted by Gasteiger charge is 2.23. The molecule has 1 unspecified atom stereocenters. The number of carbonyl (C=O) groups excluding carboxylic acids is 1. The van der Waals surface area contributed by atoms with Crippen molar-refractivity contribution in [3.8, 4) is 0 Å². The maximum atomic E-state index is 12.5. The highest BCUT2D eigenvalue weighted by atomic mass is 35.5. The Morgan fingerprint density at radius 2 is 2.12 bits per heavy atom. The van der Waals surface area contributed by atoms with Gasteiger partial charge in [0.25, 0.3) is 5.91 Å². The van der Waals surface area contributed by atoms with E-state index in [9.17, 15) is 4.79 Å². The molecule has 6 heteroatoms. The van der Waals surface area contributed by atoms with Crippen molar-refractivity contribution in [2.45, 2.75) is 51.6 Å². The van der Waals surface area contributed by atoms with E-state index in [1.165, 1.54) is 11.1 Å². The second-order valence-electron chi connectivity index (χ2n) is 7.22. The van der Waals surface area contributed by atoms with Gasteiger partial charge in [-0.1, -0.05) is 6.07 Å². The van der Waals surface area contributed by atoms with Crippen LogP contribution in [0.15, 0.2) is 30.6 Å². The van der Waals surface area contributed by atoms with E-state index in [1.807, 2.05) is 29.1 Å². The van der Waals surface area contributed by atoms with Crippen LogP contribution in [-0.4, -0.2) is 15.7 Å². The van der Waals surface area contributed by atoms with E-state index in [0.717, 1.165) is 24.9 Å². The fourth-order valence-corrected chi connectivity index (χ4v) is 3.03. The topological polar surface area (TPSA) is 72.9 Å². The maximum absolute atomic E-state index is 12.5. The van der Waals surface area contributed by atoms with Crippen molar-refractivity contribution in [3.05, 3.63) is 47.3 Å². The number of nitrogens with two attached hydrogens (primary N) is 1.